The van der Waals surface area contributed by atoms with Crippen molar-refractivity contribution in [3.8, 4) is 45.6 Å². The number of aromatic nitrogens is 4. The van der Waals surface area contributed by atoms with Crippen molar-refractivity contribution in [3.05, 3.63) is 133 Å². The van der Waals surface area contributed by atoms with Crippen molar-refractivity contribution in [1.82, 2.24) is 19.9 Å². The Morgan fingerprint density at radius 1 is 0.319 bits per heavy atom. The molecule has 0 spiro atoms. The van der Waals surface area contributed by atoms with Crippen molar-refractivity contribution in [2.75, 3.05) is 0 Å². The molecular weight excluding hydrogens is 584 g/mol. The summed E-state index contributed by atoms with van der Waals surface area (Å²) in [6, 6.07) is 43.9. The van der Waals surface area contributed by atoms with E-state index in [4.69, 9.17) is 28.2 Å². The highest BCUT2D eigenvalue weighted by atomic mass is 16.3. The molecule has 7 heteroatoms. The maximum absolute atomic E-state index is 6.20. The topological polar surface area (TPSA) is 91.0 Å². The lowest BCUT2D eigenvalue weighted by Crippen LogP contribution is -2.00. The maximum atomic E-state index is 6.20. The van der Waals surface area contributed by atoms with E-state index in [2.05, 4.69) is 29.2 Å². The predicted molar refractivity (Wildman–Crippen MR) is 184 cm³/mol. The zero-order valence-corrected chi connectivity index (χ0v) is 24.7. The van der Waals surface area contributed by atoms with E-state index >= 15 is 0 Å². The summed E-state index contributed by atoms with van der Waals surface area (Å²) < 4.78 is 18.4. The van der Waals surface area contributed by atoms with Crippen molar-refractivity contribution in [2.24, 2.45) is 0 Å². The van der Waals surface area contributed by atoms with Crippen LogP contribution in [0.2, 0.25) is 0 Å². The van der Waals surface area contributed by atoms with Crippen LogP contribution in [0.15, 0.2) is 147 Å². The third-order valence-electron chi connectivity index (χ3n) is 8.59. The smallest absolute Gasteiger partial charge is 0.227 e. The highest BCUT2D eigenvalue weighted by Gasteiger charge is 2.17. The molecule has 47 heavy (non-hydrogen) atoms. The van der Waals surface area contributed by atoms with Crippen LogP contribution in [0.1, 0.15) is 0 Å². The molecule has 0 atom stereocenters. The van der Waals surface area contributed by atoms with Gasteiger partial charge in [0.25, 0.3) is 0 Å². The average Bonchev–Trinajstić information content (AvgIpc) is 3.84. The van der Waals surface area contributed by atoms with Gasteiger partial charge < -0.3 is 13.3 Å². The lowest BCUT2D eigenvalue weighted by molar-refractivity contribution is 0.620. The lowest BCUT2D eigenvalue weighted by atomic mass is 10.1. The molecule has 4 aromatic heterocycles. The summed E-state index contributed by atoms with van der Waals surface area (Å²) >= 11 is 0. The van der Waals surface area contributed by atoms with E-state index in [0.717, 1.165) is 77.2 Å². The number of nitrogens with zero attached hydrogens (tertiary/aromatic N) is 4. The summed E-state index contributed by atoms with van der Waals surface area (Å²) in [6.07, 6.45) is 0. The Balaban J connectivity index is 1.12. The highest BCUT2D eigenvalue weighted by Crippen LogP contribution is 2.35. The van der Waals surface area contributed by atoms with Crippen LogP contribution in [-0.2, 0) is 0 Å². The van der Waals surface area contributed by atoms with Gasteiger partial charge in [0.1, 0.15) is 27.8 Å². The van der Waals surface area contributed by atoms with Crippen molar-refractivity contribution < 1.29 is 13.3 Å². The molecule has 0 amide bonds. The number of benzene rings is 6. The highest BCUT2D eigenvalue weighted by molar-refractivity contribution is 6.06. The molecule has 0 bridgehead atoms. The van der Waals surface area contributed by atoms with Gasteiger partial charge >= 0.3 is 0 Å². The van der Waals surface area contributed by atoms with Crippen LogP contribution in [0.25, 0.3) is 101 Å². The van der Waals surface area contributed by atoms with Crippen LogP contribution in [0, 0.1) is 0 Å². The standard InChI is InChI=1S/C40H22N4O3/c1-4-10-32-27(7-1)29-19-17-25(21-35(29)45-32)38-42-37(23-13-15-24(16-14-23)40-41-31-9-3-6-12-34(31)47-40)43-39(44-38)26-18-20-30-28-8-2-5-11-33(28)46-36(30)22-26/h1-22H. The van der Waals surface area contributed by atoms with E-state index in [1.165, 1.54) is 0 Å². The van der Waals surface area contributed by atoms with Gasteiger partial charge in [-0.2, -0.15) is 0 Å². The molecule has 6 aromatic carbocycles. The van der Waals surface area contributed by atoms with E-state index in [1.54, 1.807) is 0 Å². The normalized spacial score (nSPS) is 11.8. The SMILES string of the molecule is c1ccc2oc(-c3ccc(-c4nc(-c5ccc6c(c5)oc5ccccc56)nc(-c5ccc6c(c5)oc5ccccc56)n4)cc3)nc2c1. The second-order valence-corrected chi connectivity index (χ2v) is 11.5. The monoisotopic (exact) mass is 606 g/mol. The minimum absolute atomic E-state index is 0.542. The van der Waals surface area contributed by atoms with Crippen molar-refractivity contribution in [1.29, 1.82) is 0 Å². The minimum Gasteiger partial charge on any atom is -0.456 e. The molecule has 4 heterocycles. The second kappa shape index (κ2) is 9.95. The first kappa shape index (κ1) is 25.7. The van der Waals surface area contributed by atoms with Gasteiger partial charge in [0, 0.05) is 43.8 Å². The summed E-state index contributed by atoms with van der Waals surface area (Å²) in [5, 5.41) is 4.24. The molecule has 10 rings (SSSR count). The van der Waals surface area contributed by atoms with Gasteiger partial charge in [-0.05, 0) is 60.7 Å². The van der Waals surface area contributed by atoms with E-state index in [9.17, 15) is 0 Å². The summed E-state index contributed by atoms with van der Waals surface area (Å²) in [5.41, 5.74) is 8.17. The number of rotatable bonds is 4. The van der Waals surface area contributed by atoms with Crippen LogP contribution in [0.4, 0.5) is 0 Å². The van der Waals surface area contributed by atoms with Gasteiger partial charge in [0.15, 0.2) is 23.1 Å². The fourth-order valence-electron chi connectivity index (χ4n) is 6.25. The number of oxazole rings is 1. The molecule has 7 nitrogen and oxygen atoms in total. The minimum atomic E-state index is 0.542. The molecule has 0 unspecified atom stereocenters. The maximum Gasteiger partial charge on any atom is 0.227 e. The number of hydrogen-bond donors (Lipinski definition) is 0. The Morgan fingerprint density at radius 3 is 1.34 bits per heavy atom. The van der Waals surface area contributed by atoms with Crippen LogP contribution >= 0.6 is 0 Å². The lowest BCUT2D eigenvalue weighted by Gasteiger charge is -2.09. The molecular formula is C40H22N4O3. The number of hydrogen-bond acceptors (Lipinski definition) is 7. The molecule has 220 valence electrons. The summed E-state index contributed by atoms with van der Waals surface area (Å²) in [5.74, 6) is 2.19. The van der Waals surface area contributed by atoms with Crippen molar-refractivity contribution >= 4 is 55.0 Å². The van der Waals surface area contributed by atoms with Crippen LogP contribution in [0.3, 0.4) is 0 Å². The van der Waals surface area contributed by atoms with E-state index in [1.807, 2.05) is 109 Å². The van der Waals surface area contributed by atoms with Gasteiger partial charge in [0.05, 0.1) is 0 Å². The number of furan rings is 2. The second-order valence-electron chi connectivity index (χ2n) is 11.5. The van der Waals surface area contributed by atoms with Gasteiger partial charge in [0.2, 0.25) is 5.89 Å². The van der Waals surface area contributed by atoms with Crippen LogP contribution in [-0.4, -0.2) is 19.9 Å². The first-order valence-corrected chi connectivity index (χ1v) is 15.3. The number of fused-ring (bicyclic) bond motifs is 7. The Kier molecular flexibility index (Phi) is 5.44. The zero-order chi connectivity index (χ0) is 30.9. The quantitative estimate of drug-likeness (QED) is 0.197. The van der Waals surface area contributed by atoms with Gasteiger partial charge in [-0.25, -0.2) is 19.9 Å². The fraction of sp³-hybridized carbons (Fsp3) is 0. The van der Waals surface area contributed by atoms with Crippen LogP contribution in [0.5, 0.6) is 0 Å². The molecule has 0 aliphatic heterocycles. The van der Waals surface area contributed by atoms with Crippen molar-refractivity contribution in [2.45, 2.75) is 0 Å². The Hall–Kier alpha value is -6.60. The molecule has 0 saturated carbocycles. The Bertz CT molecular complexity index is 2640. The molecule has 0 aliphatic rings. The number of para-hydroxylation sites is 4. The van der Waals surface area contributed by atoms with Crippen molar-refractivity contribution in [3.63, 3.8) is 0 Å². The zero-order valence-electron chi connectivity index (χ0n) is 24.7. The van der Waals surface area contributed by atoms with Crippen LogP contribution < -0.4 is 0 Å². The van der Waals surface area contributed by atoms with Gasteiger partial charge in [-0.3, -0.25) is 0 Å². The van der Waals surface area contributed by atoms with Gasteiger partial charge in [-0.15, -0.1) is 0 Å². The fourth-order valence-corrected chi connectivity index (χ4v) is 6.25. The average molecular weight is 607 g/mol. The molecule has 0 aliphatic carbocycles. The van der Waals surface area contributed by atoms with E-state index < -0.39 is 0 Å². The molecule has 0 radical (unpaired) electrons. The van der Waals surface area contributed by atoms with E-state index in [0.29, 0.717) is 23.4 Å². The molecule has 10 aromatic rings. The first-order valence-electron chi connectivity index (χ1n) is 15.3. The Labute approximate surface area is 266 Å². The molecule has 0 saturated heterocycles. The largest absolute Gasteiger partial charge is 0.456 e. The predicted octanol–water partition coefficient (Wildman–Crippen LogP) is 10.5. The summed E-state index contributed by atoms with van der Waals surface area (Å²) in [4.78, 5) is 19.6. The third kappa shape index (κ3) is 4.21. The Morgan fingerprint density at radius 2 is 0.766 bits per heavy atom. The summed E-state index contributed by atoms with van der Waals surface area (Å²) in [6.45, 7) is 0. The third-order valence-corrected chi connectivity index (χ3v) is 8.59. The molecule has 0 fully saturated rings. The molecule has 0 N–H and O–H groups in total. The van der Waals surface area contributed by atoms with Gasteiger partial charge in [-0.1, -0.05) is 72.8 Å². The first-order chi connectivity index (χ1) is 23.2. The summed E-state index contributed by atoms with van der Waals surface area (Å²) in [7, 11) is 0. The van der Waals surface area contributed by atoms with E-state index in [-0.39, 0.29) is 0 Å².